The number of nitrogens with one attached hydrogen (secondary N) is 2. The minimum Gasteiger partial charge on any atom is -0.325 e. The van der Waals surface area contributed by atoms with Gasteiger partial charge in [0.15, 0.2) is 0 Å². The van der Waals surface area contributed by atoms with E-state index in [9.17, 15) is 14.0 Å². The minimum absolute atomic E-state index is 0.148. The molecule has 1 heterocycles. The van der Waals surface area contributed by atoms with E-state index in [1.165, 1.54) is 41.6 Å². The van der Waals surface area contributed by atoms with Crippen LogP contribution in [-0.2, 0) is 16.1 Å². The SMILES string of the molecule is CCN1CCN(Cc2ccc(NC(=O)CSCC(=O)Nc3ccc(F)cc3)cc2)CC1. The molecule has 1 saturated heterocycles. The molecule has 0 saturated carbocycles. The van der Waals surface area contributed by atoms with Crippen LogP contribution in [-0.4, -0.2) is 65.8 Å². The predicted octanol–water partition coefficient (Wildman–Crippen LogP) is 3.27. The first-order valence-electron chi connectivity index (χ1n) is 10.5. The molecule has 6 nitrogen and oxygen atoms in total. The fourth-order valence-electron chi connectivity index (χ4n) is 3.38. The first-order chi connectivity index (χ1) is 15.0. The second-order valence-electron chi connectivity index (χ2n) is 7.50. The van der Waals surface area contributed by atoms with Gasteiger partial charge in [-0.25, -0.2) is 4.39 Å². The highest BCUT2D eigenvalue weighted by Crippen LogP contribution is 2.14. The number of thioether (sulfide) groups is 1. The van der Waals surface area contributed by atoms with Crippen LogP contribution in [0.2, 0.25) is 0 Å². The Kier molecular flexibility index (Phi) is 8.87. The number of amides is 2. The van der Waals surface area contributed by atoms with Gasteiger partial charge in [0.2, 0.25) is 11.8 Å². The molecule has 166 valence electrons. The fraction of sp³-hybridized carbons (Fsp3) is 0.391. The van der Waals surface area contributed by atoms with Crippen LogP contribution in [0, 0.1) is 5.82 Å². The molecule has 3 rings (SSSR count). The second-order valence-corrected chi connectivity index (χ2v) is 8.49. The highest BCUT2D eigenvalue weighted by atomic mass is 32.2. The number of anilines is 2. The van der Waals surface area contributed by atoms with Crippen molar-refractivity contribution in [3.8, 4) is 0 Å². The summed E-state index contributed by atoms with van der Waals surface area (Å²) in [6.45, 7) is 8.62. The summed E-state index contributed by atoms with van der Waals surface area (Å²) >= 11 is 1.23. The summed E-state index contributed by atoms with van der Waals surface area (Å²) in [4.78, 5) is 29.0. The number of benzene rings is 2. The third-order valence-corrected chi connectivity index (χ3v) is 6.08. The number of halogens is 1. The molecule has 0 unspecified atom stereocenters. The standard InChI is InChI=1S/C23H29FN4O2S/c1-2-27-11-13-28(14-12-27)15-18-3-7-20(8-4-18)25-22(29)16-31-17-23(30)26-21-9-5-19(24)6-10-21/h3-10H,2,11-17H2,1H3,(H,25,29)(H,26,30). The molecule has 2 amide bonds. The average Bonchev–Trinajstić information content (AvgIpc) is 2.77. The molecular formula is C23H29FN4O2S. The van der Waals surface area contributed by atoms with Crippen molar-refractivity contribution < 1.29 is 14.0 Å². The van der Waals surface area contributed by atoms with Gasteiger partial charge in [-0.15, -0.1) is 11.8 Å². The van der Waals surface area contributed by atoms with Crippen LogP contribution in [0.15, 0.2) is 48.5 Å². The third kappa shape index (κ3) is 7.97. The fourth-order valence-corrected chi connectivity index (χ4v) is 4.00. The topological polar surface area (TPSA) is 64.7 Å². The Balaban J connectivity index is 1.34. The maximum atomic E-state index is 12.9. The number of rotatable bonds is 9. The van der Waals surface area contributed by atoms with Crippen molar-refractivity contribution in [3.63, 3.8) is 0 Å². The van der Waals surface area contributed by atoms with Crippen molar-refractivity contribution in [2.45, 2.75) is 13.5 Å². The Morgan fingerprint density at radius 3 is 1.84 bits per heavy atom. The van der Waals surface area contributed by atoms with E-state index in [4.69, 9.17) is 0 Å². The van der Waals surface area contributed by atoms with Crippen molar-refractivity contribution in [1.29, 1.82) is 0 Å². The van der Waals surface area contributed by atoms with Crippen LogP contribution < -0.4 is 10.6 Å². The first-order valence-corrected chi connectivity index (χ1v) is 11.6. The Labute approximate surface area is 187 Å². The van der Waals surface area contributed by atoms with Gasteiger partial charge < -0.3 is 15.5 Å². The summed E-state index contributed by atoms with van der Waals surface area (Å²) in [5.41, 5.74) is 2.51. The summed E-state index contributed by atoms with van der Waals surface area (Å²) in [6.07, 6.45) is 0. The van der Waals surface area contributed by atoms with E-state index in [2.05, 4.69) is 27.4 Å². The van der Waals surface area contributed by atoms with Crippen LogP contribution in [0.1, 0.15) is 12.5 Å². The maximum absolute atomic E-state index is 12.9. The average molecular weight is 445 g/mol. The largest absolute Gasteiger partial charge is 0.325 e. The first kappa shape index (κ1) is 23.2. The van der Waals surface area contributed by atoms with Gasteiger partial charge >= 0.3 is 0 Å². The van der Waals surface area contributed by atoms with Crippen LogP contribution in [0.3, 0.4) is 0 Å². The van der Waals surface area contributed by atoms with E-state index in [0.717, 1.165) is 45.0 Å². The molecule has 1 aliphatic rings. The van der Waals surface area contributed by atoms with Gasteiger partial charge in [-0.1, -0.05) is 19.1 Å². The van der Waals surface area contributed by atoms with Crippen molar-refractivity contribution in [3.05, 3.63) is 59.9 Å². The van der Waals surface area contributed by atoms with Crippen molar-refractivity contribution >= 4 is 35.0 Å². The van der Waals surface area contributed by atoms with E-state index in [0.29, 0.717) is 5.69 Å². The molecule has 0 aromatic heterocycles. The van der Waals surface area contributed by atoms with Crippen LogP contribution >= 0.6 is 11.8 Å². The lowest BCUT2D eigenvalue weighted by atomic mass is 10.1. The lowest BCUT2D eigenvalue weighted by Crippen LogP contribution is -2.45. The maximum Gasteiger partial charge on any atom is 0.234 e. The number of hydrogen-bond donors (Lipinski definition) is 2. The molecule has 0 aliphatic carbocycles. The molecule has 0 radical (unpaired) electrons. The number of hydrogen-bond acceptors (Lipinski definition) is 5. The zero-order valence-corrected chi connectivity index (χ0v) is 18.6. The molecular weight excluding hydrogens is 415 g/mol. The smallest absolute Gasteiger partial charge is 0.234 e. The highest BCUT2D eigenvalue weighted by Gasteiger charge is 2.15. The zero-order chi connectivity index (χ0) is 22.1. The van der Waals surface area contributed by atoms with Gasteiger partial charge in [-0.05, 0) is 48.5 Å². The molecule has 0 atom stereocenters. The Morgan fingerprint density at radius 1 is 0.839 bits per heavy atom. The van der Waals surface area contributed by atoms with Crippen LogP contribution in [0.25, 0.3) is 0 Å². The number of piperazine rings is 1. The Hall–Kier alpha value is -2.42. The number of nitrogens with zero attached hydrogens (tertiary/aromatic N) is 2. The van der Waals surface area contributed by atoms with Gasteiger partial charge in [0.05, 0.1) is 11.5 Å². The molecule has 0 spiro atoms. The van der Waals surface area contributed by atoms with E-state index in [1.807, 2.05) is 24.3 Å². The van der Waals surface area contributed by atoms with Crippen molar-refractivity contribution in [2.24, 2.45) is 0 Å². The number of likely N-dealkylation sites (N-methyl/N-ethyl adjacent to an activating group) is 1. The summed E-state index contributed by atoms with van der Waals surface area (Å²) in [6, 6.07) is 13.5. The molecule has 2 N–H and O–H groups in total. The highest BCUT2D eigenvalue weighted by molar-refractivity contribution is 8.00. The van der Waals surface area contributed by atoms with Crippen molar-refractivity contribution in [2.75, 3.05) is 54.9 Å². The molecule has 1 aliphatic heterocycles. The van der Waals surface area contributed by atoms with E-state index in [1.54, 1.807) is 0 Å². The predicted molar refractivity (Wildman–Crippen MR) is 125 cm³/mol. The van der Waals surface area contributed by atoms with Crippen LogP contribution in [0.5, 0.6) is 0 Å². The summed E-state index contributed by atoms with van der Waals surface area (Å²) < 4.78 is 12.9. The third-order valence-electron chi connectivity index (χ3n) is 5.15. The Morgan fingerprint density at radius 2 is 1.32 bits per heavy atom. The molecule has 8 heteroatoms. The van der Waals surface area contributed by atoms with Crippen molar-refractivity contribution in [1.82, 2.24) is 9.80 Å². The lowest BCUT2D eigenvalue weighted by molar-refractivity contribution is -0.114. The van der Waals surface area contributed by atoms with Gasteiger partial charge in [0.1, 0.15) is 5.82 Å². The number of carbonyl (C=O) groups is 2. The Bertz CT molecular complexity index is 853. The summed E-state index contributed by atoms with van der Waals surface area (Å²) in [5, 5.41) is 5.54. The monoisotopic (exact) mass is 444 g/mol. The molecule has 2 aromatic rings. The molecule has 1 fully saturated rings. The second kappa shape index (κ2) is 11.8. The molecule has 31 heavy (non-hydrogen) atoms. The van der Waals surface area contributed by atoms with Gasteiger partial charge in [0, 0.05) is 44.1 Å². The summed E-state index contributed by atoms with van der Waals surface area (Å²) in [7, 11) is 0. The van der Waals surface area contributed by atoms with Gasteiger partial charge in [-0.3, -0.25) is 14.5 Å². The molecule has 0 bridgehead atoms. The lowest BCUT2D eigenvalue weighted by Gasteiger charge is -2.34. The number of carbonyl (C=O) groups excluding carboxylic acids is 2. The van der Waals surface area contributed by atoms with Gasteiger partial charge in [-0.2, -0.15) is 0 Å². The summed E-state index contributed by atoms with van der Waals surface area (Å²) in [5.74, 6) is -0.404. The van der Waals surface area contributed by atoms with Crippen LogP contribution in [0.4, 0.5) is 15.8 Å². The van der Waals surface area contributed by atoms with Gasteiger partial charge in [0.25, 0.3) is 0 Å². The normalized spacial score (nSPS) is 14.9. The van der Waals surface area contributed by atoms with E-state index < -0.39 is 0 Å². The quantitative estimate of drug-likeness (QED) is 0.622. The minimum atomic E-state index is -0.355. The molecule has 2 aromatic carbocycles. The zero-order valence-electron chi connectivity index (χ0n) is 17.8. The van der Waals surface area contributed by atoms with E-state index in [-0.39, 0.29) is 29.1 Å². The van der Waals surface area contributed by atoms with E-state index >= 15 is 0 Å².